The van der Waals surface area contributed by atoms with Crippen LogP contribution in [0.3, 0.4) is 0 Å². The van der Waals surface area contributed by atoms with E-state index in [1.54, 1.807) is 39.0 Å². The van der Waals surface area contributed by atoms with Crippen LogP contribution in [0.4, 0.5) is 9.18 Å². The van der Waals surface area contributed by atoms with Gasteiger partial charge >= 0.3 is 12.1 Å². The maximum absolute atomic E-state index is 14.9. The monoisotopic (exact) mass is 349 g/mol. The van der Waals surface area contributed by atoms with E-state index in [0.29, 0.717) is 29.7 Å². The molecule has 0 aliphatic carbocycles. The topological polar surface area (TPSA) is 55.8 Å². The number of amides is 1. The molecule has 0 saturated carbocycles. The number of benzene rings is 1. The van der Waals surface area contributed by atoms with Crippen molar-refractivity contribution in [3.05, 3.63) is 40.7 Å². The predicted octanol–water partition coefficient (Wildman–Crippen LogP) is 3.81. The van der Waals surface area contributed by atoms with Crippen LogP contribution < -0.4 is 0 Å². The first kappa shape index (κ1) is 19.0. The summed E-state index contributed by atoms with van der Waals surface area (Å²) in [5, 5.41) is 0. The maximum atomic E-state index is 14.9. The second-order valence-electron chi connectivity index (χ2n) is 6.90. The summed E-state index contributed by atoms with van der Waals surface area (Å²) in [7, 11) is 1.23. The third-order valence-corrected chi connectivity index (χ3v) is 3.92. The third kappa shape index (κ3) is 4.18. The molecule has 0 bridgehead atoms. The molecule has 25 heavy (non-hydrogen) atoms. The van der Waals surface area contributed by atoms with E-state index in [2.05, 4.69) is 0 Å². The molecule has 136 valence electrons. The Morgan fingerprint density at radius 2 is 1.96 bits per heavy atom. The van der Waals surface area contributed by atoms with Crippen molar-refractivity contribution in [1.29, 1.82) is 0 Å². The Bertz CT molecular complexity index is 719. The maximum Gasteiger partial charge on any atom is 0.410 e. The van der Waals surface area contributed by atoms with Crippen molar-refractivity contribution in [3.8, 4) is 0 Å². The normalized spacial score (nSPS) is 14.3. The number of carbonyl (C=O) groups is 2. The molecule has 0 atom stereocenters. The van der Waals surface area contributed by atoms with Crippen LogP contribution in [0.2, 0.25) is 0 Å². The zero-order valence-corrected chi connectivity index (χ0v) is 15.3. The zero-order valence-electron chi connectivity index (χ0n) is 15.3. The Hall–Kier alpha value is -2.37. The van der Waals surface area contributed by atoms with E-state index >= 15 is 0 Å². The van der Waals surface area contributed by atoms with Gasteiger partial charge in [0.15, 0.2) is 0 Å². The van der Waals surface area contributed by atoms with Gasteiger partial charge < -0.3 is 14.4 Å². The standard InChI is InChI=1S/C19H24FNO4/c1-6-12-7-8-14(16(20)15(12)17(22)24-5)13-9-10-21(11-13)18(23)25-19(2,3)4/h7-9H,6,10-11H2,1-5H3. The first-order valence-corrected chi connectivity index (χ1v) is 8.25. The molecule has 1 aromatic rings. The molecule has 0 fully saturated rings. The van der Waals surface area contributed by atoms with Crippen LogP contribution in [0.25, 0.3) is 5.57 Å². The number of halogens is 1. The summed E-state index contributed by atoms with van der Waals surface area (Å²) in [4.78, 5) is 25.6. The lowest BCUT2D eigenvalue weighted by Gasteiger charge is -2.24. The lowest BCUT2D eigenvalue weighted by molar-refractivity contribution is 0.0305. The van der Waals surface area contributed by atoms with Gasteiger partial charge in [-0.25, -0.2) is 14.0 Å². The number of ether oxygens (including phenoxy) is 2. The first-order valence-electron chi connectivity index (χ1n) is 8.25. The molecular weight excluding hydrogens is 325 g/mol. The number of methoxy groups -OCH3 is 1. The van der Waals surface area contributed by atoms with Crippen LogP contribution in [-0.4, -0.2) is 42.8 Å². The van der Waals surface area contributed by atoms with Gasteiger partial charge in [0.1, 0.15) is 11.4 Å². The van der Waals surface area contributed by atoms with Gasteiger partial charge in [-0.1, -0.05) is 25.1 Å². The molecule has 1 amide bonds. The Kier molecular flexibility index (Phi) is 5.50. The van der Waals surface area contributed by atoms with Gasteiger partial charge in [0.05, 0.1) is 12.7 Å². The van der Waals surface area contributed by atoms with E-state index in [1.807, 2.05) is 6.92 Å². The Morgan fingerprint density at radius 1 is 1.28 bits per heavy atom. The van der Waals surface area contributed by atoms with Crippen LogP contribution >= 0.6 is 0 Å². The number of esters is 1. The molecule has 6 heteroatoms. The fraction of sp³-hybridized carbons (Fsp3) is 0.474. The largest absolute Gasteiger partial charge is 0.465 e. The van der Waals surface area contributed by atoms with E-state index in [9.17, 15) is 14.0 Å². The zero-order chi connectivity index (χ0) is 18.8. The summed E-state index contributed by atoms with van der Waals surface area (Å²) >= 11 is 0. The molecule has 0 saturated heterocycles. The smallest absolute Gasteiger partial charge is 0.410 e. The highest BCUT2D eigenvalue weighted by Gasteiger charge is 2.28. The van der Waals surface area contributed by atoms with Crippen molar-refractivity contribution in [2.24, 2.45) is 0 Å². The lowest BCUT2D eigenvalue weighted by atomic mass is 9.97. The average Bonchev–Trinajstić information content (AvgIpc) is 3.02. The van der Waals surface area contributed by atoms with Crippen LogP contribution in [0.15, 0.2) is 18.2 Å². The van der Waals surface area contributed by atoms with Gasteiger partial charge in [0, 0.05) is 18.7 Å². The van der Waals surface area contributed by atoms with Crippen molar-refractivity contribution >= 4 is 17.6 Å². The van der Waals surface area contributed by atoms with Crippen molar-refractivity contribution < 1.29 is 23.5 Å². The molecule has 1 aromatic carbocycles. The Morgan fingerprint density at radius 3 is 2.52 bits per heavy atom. The molecule has 2 rings (SSSR count). The van der Waals surface area contributed by atoms with Gasteiger partial charge in [-0.2, -0.15) is 0 Å². The Labute approximate surface area is 147 Å². The Balaban J connectivity index is 2.26. The van der Waals surface area contributed by atoms with Gasteiger partial charge in [0.2, 0.25) is 0 Å². The molecule has 1 aliphatic rings. The van der Waals surface area contributed by atoms with Crippen LogP contribution in [-0.2, 0) is 15.9 Å². The van der Waals surface area contributed by atoms with E-state index in [0.717, 1.165) is 0 Å². The number of carbonyl (C=O) groups excluding carboxylic acids is 2. The summed E-state index contributed by atoms with van der Waals surface area (Å²) in [6.45, 7) is 7.80. The minimum atomic E-state index is -0.696. The minimum absolute atomic E-state index is 0.0425. The summed E-state index contributed by atoms with van der Waals surface area (Å²) in [5.41, 5.74) is 0.918. The molecule has 0 aromatic heterocycles. The molecular formula is C19H24FNO4. The molecule has 0 N–H and O–H groups in total. The summed E-state index contributed by atoms with van der Waals surface area (Å²) in [5.74, 6) is -1.30. The van der Waals surface area contributed by atoms with Crippen molar-refractivity contribution in [2.75, 3.05) is 20.2 Å². The fourth-order valence-corrected chi connectivity index (χ4v) is 2.70. The SMILES string of the molecule is CCc1ccc(C2=CCN(C(=O)OC(C)(C)C)C2)c(F)c1C(=O)OC. The fourth-order valence-electron chi connectivity index (χ4n) is 2.70. The van der Waals surface area contributed by atoms with Crippen molar-refractivity contribution in [2.45, 2.75) is 39.7 Å². The summed E-state index contributed by atoms with van der Waals surface area (Å²) in [6, 6.07) is 3.37. The molecule has 1 aliphatic heterocycles. The van der Waals surface area contributed by atoms with Crippen LogP contribution in [0.5, 0.6) is 0 Å². The molecule has 1 heterocycles. The quantitative estimate of drug-likeness (QED) is 0.779. The van der Waals surface area contributed by atoms with Crippen LogP contribution in [0.1, 0.15) is 49.2 Å². The van der Waals surface area contributed by atoms with Gasteiger partial charge in [0.25, 0.3) is 0 Å². The van der Waals surface area contributed by atoms with E-state index in [4.69, 9.17) is 9.47 Å². The second kappa shape index (κ2) is 7.25. The van der Waals surface area contributed by atoms with Gasteiger partial charge in [-0.3, -0.25) is 0 Å². The highest BCUT2D eigenvalue weighted by Crippen LogP contribution is 2.28. The average molecular weight is 349 g/mol. The van der Waals surface area contributed by atoms with E-state index in [-0.39, 0.29) is 12.1 Å². The van der Waals surface area contributed by atoms with Crippen LogP contribution in [0, 0.1) is 5.82 Å². The van der Waals surface area contributed by atoms with Gasteiger partial charge in [-0.15, -0.1) is 0 Å². The third-order valence-electron chi connectivity index (χ3n) is 3.92. The number of hydrogen-bond donors (Lipinski definition) is 0. The van der Waals surface area contributed by atoms with Gasteiger partial charge in [-0.05, 0) is 38.3 Å². The minimum Gasteiger partial charge on any atom is -0.465 e. The number of rotatable bonds is 3. The van der Waals surface area contributed by atoms with E-state index < -0.39 is 23.5 Å². The van der Waals surface area contributed by atoms with Crippen molar-refractivity contribution in [1.82, 2.24) is 4.90 Å². The first-order chi connectivity index (χ1) is 11.7. The molecule has 5 nitrogen and oxygen atoms in total. The second-order valence-corrected chi connectivity index (χ2v) is 6.90. The number of hydrogen-bond acceptors (Lipinski definition) is 4. The summed E-state index contributed by atoms with van der Waals surface area (Å²) < 4.78 is 25.0. The molecule has 0 spiro atoms. The lowest BCUT2D eigenvalue weighted by Crippen LogP contribution is -2.35. The highest BCUT2D eigenvalue weighted by molar-refractivity contribution is 5.93. The molecule has 0 radical (unpaired) electrons. The summed E-state index contributed by atoms with van der Waals surface area (Å²) in [6.07, 6.45) is 1.84. The number of nitrogens with zero attached hydrogens (tertiary/aromatic N) is 1. The van der Waals surface area contributed by atoms with Crippen molar-refractivity contribution in [3.63, 3.8) is 0 Å². The van der Waals surface area contributed by atoms with E-state index in [1.165, 1.54) is 12.0 Å². The number of aryl methyl sites for hydroxylation is 1. The highest BCUT2D eigenvalue weighted by atomic mass is 19.1. The molecule has 0 unspecified atom stereocenters. The predicted molar refractivity (Wildman–Crippen MR) is 92.9 cm³/mol.